The van der Waals surface area contributed by atoms with Crippen molar-refractivity contribution in [1.29, 1.82) is 0 Å². The molecule has 0 bridgehead atoms. The Morgan fingerprint density at radius 2 is 2.36 bits per heavy atom. The second-order valence-corrected chi connectivity index (χ2v) is 2.41. The van der Waals surface area contributed by atoms with Gasteiger partial charge in [0.15, 0.2) is 0 Å². The Balaban J connectivity index is 2.51. The molecule has 1 rings (SSSR count). The molecule has 1 atom stereocenters. The molecule has 1 aromatic heterocycles. The first-order valence-electron chi connectivity index (χ1n) is 3.61. The van der Waals surface area contributed by atoms with E-state index in [1.54, 1.807) is 6.20 Å². The molecule has 0 saturated heterocycles. The van der Waals surface area contributed by atoms with Crippen molar-refractivity contribution in [3.8, 4) is 0 Å². The zero-order chi connectivity index (χ0) is 8.10. The quantitative estimate of drug-likeness (QED) is 0.638. The lowest BCUT2D eigenvalue weighted by Crippen LogP contribution is -2.22. The summed E-state index contributed by atoms with van der Waals surface area (Å²) in [6.45, 7) is 0.288. The average molecular weight is 152 g/mol. The normalized spacial score (nSPS) is 12.9. The Kier molecular flexibility index (Phi) is 3.01. The van der Waals surface area contributed by atoms with Crippen molar-refractivity contribution in [2.45, 2.75) is 12.5 Å². The lowest BCUT2D eigenvalue weighted by molar-refractivity contribution is 0.182. The smallest absolute Gasteiger partial charge is 0.0717 e. The predicted octanol–water partition coefficient (Wildman–Crippen LogP) is -0.0563. The molecule has 0 aromatic carbocycles. The van der Waals surface area contributed by atoms with Crippen LogP contribution in [0.5, 0.6) is 0 Å². The van der Waals surface area contributed by atoms with Crippen LogP contribution in [-0.2, 0) is 6.42 Å². The van der Waals surface area contributed by atoms with Crippen LogP contribution in [0.15, 0.2) is 24.4 Å². The first kappa shape index (κ1) is 8.17. The summed E-state index contributed by atoms with van der Waals surface area (Å²) >= 11 is 0. The van der Waals surface area contributed by atoms with Gasteiger partial charge in [-0.25, -0.2) is 0 Å². The van der Waals surface area contributed by atoms with E-state index in [2.05, 4.69) is 4.98 Å². The van der Waals surface area contributed by atoms with E-state index in [0.717, 1.165) is 5.69 Å². The van der Waals surface area contributed by atoms with Crippen molar-refractivity contribution in [3.63, 3.8) is 0 Å². The highest BCUT2D eigenvalue weighted by atomic mass is 16.3. The minimum atomic E-state index is -0.468. The molecule has 0 fully saturated rings. The van der Waals surface area contributed by atoms with Crippen molar-refractivity contribution < 1.29 is 5.11 Å². The second-order valence-electron chi connectivity index (χ2n) is 2.41. The molecule has 1 aromatic rings. The molecule has 0 unspecified atom stereocenters. The minimum Gasteiger partial charge on any atom is -0.391 e. The van der Waals surface area contributed by atoms with Crippen molar-refractivity contribution >= 4 is 0 Å². The number of pyridine rings is 1. The number of aliphatic hydroxyl groups is 1. The third kappa shape index (κ3) is 2.65. The number of rotatable bonds is 3. The van der Waals surface area contributed by atoms with E-state index in [0.29, 0.717) is 6.42 Å². The van der Waals surface area contributed by atoms with Crippen molar-refractivity contribution in [1.82, 2.24) is 4.98 Å². The van der Waals surface area contributed by atoms with Gasteiger partial charge in [0.25, 0.3) is 0 Å². The van der Waals surface area contributed by atoms with Gasteiger partial charge in [0.1, 0.15) is 0 Å². The summed E-state index contributed by atoms with van der Waals surface area (Å²) in [5.74, 6) is 0. The van der Waals surface area contributed by atoms with Gasteiger partial charge in [0, 0.05) is 24.9 Å². The molecule has 0 aliphatic heterocycles. The SMILES string of the molecule is NC[C@H](O)Cc1ccccn1. The third-order valence-electron chi connectivity index (χ3n) is 1.44. The fourth-order valence-corrected chi connectivity index (χ4v) is 0.844. The molecule has 3 nitrogen and oxygen atoms in total. The molecular formula is C8H12N2O. The monoisotopic (exact) mass is 152 g/mol. The highest BCUT2D eigenvalue weighted by molar-refractivity contribution is 5.04. The van der Waals surface area contributed by atoms with Crippen LogP contribution in [0, 0.1) is 0 Å². The van der Waals surface area contributed by atoms with Gasteiger partial charge in [0.05, 0.1) is 6.10 Å². The lowest BCUT2D eigenvalue weighted by Gasteiger charge is -2.05. The van der Waals surface area contributed by atoms with Crippen LogP contribution in [0.1, 0.15) is 5.69 Å². The lowest BCUT2D eigenvalue weighted by atomic mass is 10.2. The number of hydrogen-bond donors (Lipinski definition) is 2. The maximum Gasteiger partial charge on any atom is 0.0717 e. The predicted molar refractivity (Wildman–Crippen MR) is 43.0 cm³/mol. The molecule has 3 heteroatoms. The topological polar surface area (TPSA) is 59.1 Å². The Labute approximate surface area is 65.9 Å². The first-order chi connectivity index (χ1) is 5.33. The van der Waals surface area contributed by atoms with E-state index >= 15 is 0 Å². The average Bonchev–Trinajstić information content (AvgIpc) is 2.06. The molecule has 0 amide bonds. The maximum atomic E-state index is 9.15. The van der Waals surface area contributed by atoms with Crippen LogP contribution in [-0.4, -0.2) is 22.7 Å². The van der Waals surface area contributed by atoms with Gasteiger partial charge in [-0.1, -0.05) is 6.07 Å². The fraction of sp³-hybridized carbons (Fsp3) is 0.375. The summed E-state index contributed by atoms with van der Waals surface area (Å²) in [5.41, 5.74) is 6.12. The molecular weight excluding hydrogens is 140 g/mol. The molecule has 60 valence electrons. The van der Waals surface area contributed by atoms with Gasteiger partial charge in [-0.15, -0.1) is 0 Å². The summed E-state index contributed by atoms with van der Waals surface area (Å²) in [7, 11) is 0. The van der Waals surface area contributed by atoms with Crippen LogP contribution in [0.25, 0.3) is 0 Å². The molecule has 11 heavy (non-hydrogen) atoms. The number of aliphatic hydroxyl groups excluding tert-OH is 1. The molecule has 0 radical (unpaired) electrons. The van der Waals surface area contributed by atoms with Crippen LogP contribution in [0.4, 0.5) is 0 Å². The van der Waals surface area contributed by atoms with E-state index in [-0.39, 0.29) is 6.54 Å². The van der Waals surface area contributed by atoms with Crippen LogP contribution in [0.3, 0.4) is 0 Å². The van der Waals surface area contributed by atoms with E-state index in [1.807, 2.05) is 18.2 Å². The first-order valence-corrected chi connectivity index (χ1v) is 3.61. The molecule has 0 spiro atoms. The Hall–Kier alpha value is -0.930. The van der Waals surface area contributed by atoms with Crippen molar-refractivity contribution in [2.24, 2.45) is 5.73 Å². The minimum absolute atomic E-state index is 0.288. The van der Waals surface area contributed by atoms with E-state index < -0.39 is 6.10 Å². The summed E-state index contributed by atoms with van der Waals surface area (Å²) in [6.07, 6.45) is 1.78. The van der Waals surface area contributed by atoms with Crippen LogP contribution >= 0.6 is 0 Å². The van der Waals surface area contributed by atoms with Gasteiger partial charge in [-0.3, -0.25) is 4.98 Å². The highest BCUT2D eigenvalue weighted by Gasteiger charge is 2.01. The largest absolute Gasteiger partial charge is 0.391 e. The Morgan fingerprint density at radius 3 is 2.91 bits per heavy atom. The summed E-state index contributed by atoms with van der Waals surface area (Å²) in [4.78, 5) is 4.05. The number of nitrogens with zero attached hydrogens (tertiary/aromatic N) is 1. The number of aromatic nitrogens is 1. The van der Waals surface area contributed by atoms with Gasteiger partial charge in [-0.05, 0) is 12.1 Å². The molecule has 0 aliphatic carbocycles. The molecule has 1 heterocycles. The molecule has 0 saturated carbocycles. The third-order valence-corrected chi connectivity index (χ3v) is 1.44. The summed E-state index contributed by atoms with van der Waals surface area (Å²) < 4.78 is 0. The van der Waals surface area contributed by atoms with Crippen molar-refractivity contribution in [3.05, 3.63) is 30.1 Å². The standard InChI is InChI=1S/C8H12N2O/c9-6-8(11)5-7-3-1-2-4-10-7/h1-4,8,11H,5-6,9H2/t8-/m1/s1. The number of hydrogen-bond acceptors (Lipinski definition) is 3. The highest BCUT2D eigenvalue weighted by Crippen LogP contribution is 1.97. The zero-order valence-corrected chi connectivity index (χ0v) is 6.27. The fourth-order valence-electron chi connectivity index (χ4n) is 0.844. The van der Waals surface area contributed by atoms with Crippen LogP contribution < -0.4 is 5.73 Å². The van der Waals surface area contributed by atoms with E-state index in [9.17, 15) is 0 Å². The summed E-state index contributed by atoms with van der Waals surface area (Å²) in [6, 6.07) is 5.61. The summed E-state index contributed by atoms with van der Waals surface area (Å²) in [5, 5.41) is 9.15. The zero-order valence-electron chi connectivity index (χ0n) is 6.27. The van der Waals surface area contributed by atoms with Crippen LogP contribution in [0.2, 0.25) is 0 Å². The Morgan fingerprint density at radius 1 is 1.55 bits per heavy atom. The van der Waals surface area contributed by atoms with Gasteiger partial charge in [-0.2, -0.15) is 0 Å². The molecule has 0 aliphatic rings. The van der Waals surface area contributed by atoms with E-state index in [4.69, 9.17) is 10.8 Å². The van der Waals surface area contributed by atoms with Gasteiger partial charge >= 0.3 is 0 Å². The van der Waals surface area contributed by atoms with Crippen molar-refractivity contribution in [2.75, 3.05) is 6.54 Å². The van der Waals surface area contributed by atoms with Gasteiger partial charge < -0.3 is 10.8 Å². The Bertz CT molecular complexity index is 201. The van der Waals surface area contributed by atoms with E-state index in [1.165, 1.54) is 0 Å². The molecule has 3 N–H and O–H groups in total. The maximum absolute atomic E-state index is 9.15. The number of nitrogens with two attached hydrogens (primary N) is 1. The second kappa shape index (κ2) is 4.05. The van der Waals surface area contributed by atoms with Gasteiger partial charge in [0.2, 0.25) is 0 Å².